The van der Waals surface area contributed by atoms with Gasteiger partial charge in [0.1, 0.15) is 5.75 Å². The molecule has 0 saturated heterocycles. The van der Waals surface area contributed by atoms with Gasteiger partial charge in [-0.05, 0) is 48.9 Å². The molecule has 0 unspecified atom stereocenters. The minimum Gasteiger partial charge on any atom is -0.493 e. The van der Waals surface area contributed by atoms with Crippen LogP contribution in [0.5, 0.6) is 17.2 Å². The van der Waals surface area contributed by atoms with E-state index in [9.17, 15) is 9.59 Å². The standard InChI is InChI=1S/C20H23NO6/c1-3-4-11-26-17-10-5-14(12-18(17)25-2)20(24)21-15-6-8-16(9-7-15)27-13-19(22)23/h5-10,12H,3-4,11,13H2,1-2H3,(H,21,24)(H,22,23). The Bertz CT molecular complexity index is 773. The highest BCUT2D eigenvalue weighted by molar-refractivity contribution is 6.04. The highest BCUT2D eigenvalue weighted by Gasteiger charge is 2.12. The van der Waals surface area contributed by atoms with E-state index >= 15 is 0 Å². The summed E-state index contributed by atoms with van der Waals surface area (Å²) in [5, 5.41) is 11.4. The fourth-order valence-electron chi connectivity index (χ4n) is 2.24. The average Bonchev–Trinajstić information content (AvgIpc) is 2.67. The van der Waals surface area contributed by atoms with Gasteiger partial charge in [0.25, 0.3) is 5.91 Å². The zero-order valence-corrected chi connectivity index (χ0v) is 15.4. The first-order valence-electron chi connectivity index (χ1n) is 8.60. The summed E-state index contributed by atoms with van der Waals surface area (Å²) in [5.74, 6) is 0.153. The number of ether oxygens (including phenoxy) is 3. The molecule has 0 heterocycles. The molecule has 0 aliphatic heterocycles. The predicted molar refractivity (Wildman–Crippen MR) is 101 cm³/mol. The van der Waals surface area contributed by atoms with Gasteiger partial charge < -0.3 is 24.6 Å². The van der Waals surface area contributed by atoms with Crippen molar-refractivity contribution in [3.05, 3.63) is 48.0 Å². The van der Waals surface area contributed by atoms with Crippen LogP contribution in [0.3, 0.4) is 0 Å². The Morgan fingerprint density at radius 3 is 2.41 bits per heavy atom. The van der Waals surface area contributed by atoms with Crippen LogP contribution in [0.25, 0.3) is 0 Å². The van der Waals surface area contributed by atoms with Gasteiger partial charge in [-0.25, -0.2) is 4.79 Å². The van der Waals surface area contributed by atoms with Gasteiger partial charge >= 0.3 is 5.97 Å². The van der Waals surface area contributed by atoms with Crippen LogP contribution in [0.1, 0.15) is 30.1 Å². The summed E-state index contributed by atoms with van der Waals surface area (Å²) in [7, 11) is 1.53. The van der Waals surface area contributed by atoms with Gasteiger partial charge in [-0.2, -0.15) is 0 Å². The lowest BCUT2D eigenvalue weighted by Crippen LogP contribution is -2.12. The first-order valence-corrected chi connectivity index (χ1v) is 8.60. The molecule has 144 valence electrons. The number of carbonyl (C=O) groups excluding carboxylic acids is 1. The third-order valence-corrected chi connectivity index (χ3v) is 3.66. The smallest absolute Gasteiger partial charge is 0.341 e. The molecule has 0 atom stereocenters. The Balaban J connectivity index is 2.01. The number of nitrogens with one attached hydrogen (secondary N) is 1. The molecule has 0 bridgehead atoms. The molecule has 0 aromatic heterocycles. The zero-order chi connectivity index (χ0) is 19.6. The van der Waals surface area contributed by atoms with Crippen LogP contribution in [0.4, 0.5) is 5.69 Å². The molecule has 2 rings (SSSR count). The van der Waals surface area contributed by atoms with Gasteiger partial charge in [0.2, 0.25) is 0 Å². The second-order valence-corrected chi connectivity index (χ2v) is 5.73. The summed E-state index contributed by atoms with van der Waals surface area (Å²) in [6.45, 7) is 2.26. The van der Waals surface area contributed by atoms with E-state index in [1.165, 1.54) is 7.11 Å². The number of anilines is 1. The summed E-state index contributed by atoms with van der Waals surface area (Å²) in [6.07, 6.45) is 1.97. The lowest BCUT2D eigenvalue weighted by molar-refractivity contribution is -0.139. The predicted octanol–water partition coefficient (Wildman–Crippen LogP) is 3.59. The molecule has 0 fully saturated rings. The molecule has 2 aromatic rings. The summed E-state index contributed by atoms with van der Waals surface area (Å²) in [4.78, 5) is 22.9. The highest BCUT2D eigenvalue weighted by atomic mass is 16.5. The summed E-state index contributed by atoms with van der Waals surface area (Å²) >= 11 is 0. The van der Waals surface area contributed by atoms with Gasteiger partial charge in [0.05, 0.1) is 13.7 Å². The molecule has 27 heavy (non-hydrogen) atoms. The average molecular weight is 373 g/mol. The van der Waals surface area contributed by atoms with Crippen LogP contribution in [0, 0.1) is 0 Å². The maximum absolute atomic E-state index is 12.4. The monoisotopic (exact) mass is 373 g/mol. The van der Waals surface area contributed by atoms with Crippen LogP contribution in [-0.4, -0.2) is 37.3 Å². The minimum atomic E-state index is -1.05. The van der Waals surface area contributed by atoms with Crippen LogP contribution in [-0.2, 0) is 4.79 Å². The Kier molecular flexibility index (Phi) is 7.49. The van der Waals surface area contributed by atoms with Crippen molar-refractivity contribution < 1.29 is 28.9 Å². The van der Waals surface area contributed by atoms with E-state index in [4.69, 9.17) is 19.3 Å². The fourth-order valence-corrected chi connectivity index (χ4v) is 2.24. The highest BCUT2D eigenvalue weighted by Crippen LogP contribution is 2.28. The lowest BCUT2D eigenvalue weighted by Gasteiger charge is -2.12. The number of hydrogen-bond acceptors (Lipinski definition) is 5. The quantitative estimate of drug-likeness (QED) is 0.618. The van der Waals surface area contributed by atoms with Crippen molar-refractivity contribution in [2.24, 2.45) is 0 Å². The Morgan fingerprint density at radius 1 is 1.04 bits per heavy atom. The third-order valence-electron chi connectivity index (χ3n) is 3.66. The Labute approximate surface area is 157 Å². The van der Waals surface area contributed by atoms with Crippen molar-refractivity contribution in [2.75, 3.05) is 25.6 Å². The Morgan fingerprint density at radius 2 is 1.78 bits per heavy atom. The topological polar surface area (TPSA) is 94.1 Å². The molecular weight excluding hydrogens is 350 g/mol. The van der Waals surface area contributed by atoms with Gasteiger partial charge in [-0.1, -0.05) is 13.3 Å². The third kappa shape index (κ3) is 6.22. The molecule has 7 nitrogen and oxygen atoms in total. The van der Waals surface area contributed by atoms with Gasteiger partial charge in [-0.3, -0.25) is 4.79 Å². The number of methoxy groups -OCH3 is 1. The van der Waals surface area contributed by atoms with Crippen LogP contribution in [0.2, 0.25) is 0 Å². The van der Waals surface area contributed by atoms with E-state index in [1.54, 1.807) is 42.5 Å². The van der Waals surface area contributed by atoms with Crippen LogP contribution in [0.15, 0.2) is 42.5 Å². The molecule has 7 heteroatoms. The van der Waals surface area contributed by atoms with E-state index in [0.717, 1.165) is 12.8 Å². The molecule has 2 aromatic carbocycles. The van der Waals surface area contributed by atoms with Gasteiger partial charge in [0, 0.05) is 11.3 Å². The number of hydrogen-bond donors (Lipinski definition) is 2. The second kappa shape index (κ2) is 10.1. The number of rotatable bonds is 10. The van der Waals surface area contributed by atoms with E-state index in [0.29, 0.717) is 35.1 Å². The van der Waals surface area contributed by atoms with Crippen molar-refractivity contribution in [1.29, 1.82) is 0 Å². The maximum Gasteiger partial charge on any atom is 0.341 e. The SMILES string of the molecule is CCCCOc1ccc(C(=O)Nc2ccc(OCC(=O)O)cc2)cc1OC. The number of unbranched alkanes of at least 4 members (excludes halogenated alkanes) is 1. The molecule has 0 saturated carbocycles. The molecule has 2 N–H and O–H groups in total. The summed E-state index contributed by atoms with van der Waals surface area (Å²) in [5.41, 5.74) is 0.991. The van der Waals surface area contributed by atoms with E-state index in [-0.39, 0.29) is 5.91 Å². The first kappa shape index (κ1) is 20.1. The van der Waals surface area contributed by atoms with Crippen molar-refractivity contribution in [2.45, 2.75) is 19.8 Å². The van der Waals surface area contributed by atoms with Crippen LogP contribution < -0.4 is 19.5 Å². The normalized spacial score (nSPS) is 10.1. The first-order chi connectivity index (χ1) is 13.0. The second-order valence-electron chi connectivity index (χ2n) is 5.73. The fraction of sp³-hybridized carbons (Fsp3) is 0.300. The number of carboxylic acid groups (broad SMARTS) is 1. The van der Waals surface area contributed by atoms with Crippen molar-refractivity contribution in [3.8, 4) is 17.2 Å². The maximum atomic E-state index is 12.4. The molecule has 0 radical (unpaired) electrons. The molecule has 0 aliphatic carbocycles. The number of carboxylic acids is 1. The molecule has 0 spiro atoms. The zero-order valence-electron chi connectivity index (χ0n) is 15.4. The van der Waals surface area contributed by atoms with Gasteiger partial charge in [0.15, 0.2) is 18.1 Å². The van der Waals surface area contributed by atoms with Crippen molar-refractivity contribution in [1.82, 2.24) is 0 Å². The number of amides is 1. The minimum absolute atomic E-state index is 0.299. The van der Waals surface area contributed by atoms with E-state index in [2.05, 4.69) is 12.2 Å². The molecular formula is C20H23NO6. The number of aliphatic carboxylic acids is 1. The molecule has 1 amide bonds. The number of carbonyl (C=O) groups is 2. The van der Waals surface area contributed by atoms with Crippen LogP contribution >= 0.6 is 0 Å². The number of benzene rings is 2. The summed E-state index contributed by atoms with van der Waals surface area (Å²) in [6, 6.07) is 11.5. The lowest BCUT2D eigenvalue weighted by atomic mass is 10.1. The Hall–Kier alpha value is -3.22. The van der Waals surface area contributed by atoms with Gasteiger partial charge in [-0.15, -0.1) is 0 Å². The van der Waals surface area contributed by atoms with Crippen molar-refractivity contribution >= 4 is 17.6 Å². The van der Waals surface area contributed by atoms with E-state index in [1.807, 2.05) is 0 Å². The van der Waals surface area contributed by atoms with Crippen molar-refractivity contribution in [3.63, 3.8) is 0 Å². The largest absolute Gasteiger partial charge is 0.493 e. The van der Waals surface area contributed by atoms with E-state index < -0.39 is 12.6 Å². The summed E-state index contributed by atoms with van der Waals surface area (Å²) < 4.78 is 16.0. The molecule has 0 aliphatic rings.